The van der Waals surface area contributed by atoms with Crippen LogP contribution in [-0.4, -0.2) is 32.9 Å². The molecule has 2 heterocycles. The highest BCUT2D eigenvalue weighted by Crippen LogP contribution is 2.31. The summed E-state index contributed by atoms with van der Waals surface area (Å²) in [4.78, 5) is 0. The normalized spacial score (nSPS) is 18.9. The van der Waals surface area contributed by atoms with E-state index in [0.29, 0.717) is 28.6 Å². The van der Waals surface area contributed by atoms with Crippen molar-refractivity contribution in [1.82, 2.24) is 20.2 Å². The SMILES string of the molecule is Nc1cccc(Cl)c1-c1nnnn1CC1CCCO1. The zero-order valence-corrected chi connectivity index (χ0v) is 11.0. The number of nitrogens with two attached hydrogens (primary N) is 1. The molecule has 0 saturated carbocycles. The first kappa shape index (κ1) is 12.4. The monoisotopic (exact) mass is 279 g/mol. The maximum Gasteiger partial charge on any atom is 0.185 e. The summed E-state index contributed by atoms with van der Waals surface area (Å²) in [6.07, 6.45) is 2.26. The molecule has 3 rings (SSSR count). The Morgan fingerprint density at radius 2 is 2.37 bits per heavy atom. The number of hydrogen-bond acceptors (Lipinski definition) is 5. The summed E-state index contributed by atoms with van der Waals surface area (Å²) >= 11 is 6.19. The quantitative estimate of drug-likeness (QED) is 0.866. The van der Waals surface area contributed by atoms with Crippen molar-refractivity contribution in [3.63, 3.8) is 0 Å². The van der Waals surface area contributed by atoms with Crippen molar-refractivity contribution in [1.29, 1.82) is 0 Å². The van der Waals surface area contributed by atoms with Crippen molar-refractivity contribution in [3.05, 3.63) is 23.2 Å². The first-order valence-corrected chi connectivity index (χ1v) is 6.55. The van der Waals surface area contributed by atoms with Crippen LogP contribution in [0.4, 0.5) is 5.69 Å². The average molecular weight is 280 g/mol. The van der Waals surface area contributed by atoms with Gasteiger partial charge in [-0.2, -0.15) is 0 Å². The van der Waals surface area contributed by atoms with Crippen LogP contribution in [0.2, 0.25) is 5.02 Å². The van der Waals surface area contributed by atoms with Crippen molar-refractivity contribution in [2.75, 3.05) is 12.3 Å². The number of nitrogen functional groups attached to an aromatic ring is 1. The summed E-state index contributed by atoms with van der Waals surface area (Å²) in [5.74, 6) is 0.582. The number of tetrazole rings is 1. The van der Waals surface area contributed by atoms with Gasteiger partial charge in [0.05, 0.1) is 23.2 Å². The van der Waals surface area contributed by atoms with E-state index in [-0.39, 0.29) is 6.10 Å². The van der Waals surface area contributed by atoms with Crippen LogP contribution in [0.5, 0.6) is 0 Å². The number of rotatable bonds is 3. The van der Waals surface area contributed by atoms with Gasteiger partial charge in [-0.05, 0) is 35.4 Å². The Hall–Kier alpha value is -1.66. The van der Waals surface area contributed by atoms with Gasteiger partial charge in [0.15, 0.2) is 5.82 Å². The number of benzene rings is 1. The van der Waals surface area contributed by atoms with Crippen molar-refractivity contribution >= 4 is 17.3 Å². The van der Waals surface area contributed by atoms with Crippen molar-refractivity contribution in [2.24, 2.45) is 0 Å². The largest absolute Gasteiger partial charge is 0.398 e. The van der Waals surface area contributed by atoms with E-state index in [1.807, 2.05) is 0 Å². The van der Waals surface area contributed by atoms with Gasteiger partial charge in [-0.25, -0.2) is 4.68 Å². The predicted octanol–water partition coefficient (Wildman–Crippen LogP) is 1.75. The fraction of sp³-hybridized carbons (Fsp3) is 0.417. The molecule has 1 unspecified atom stereocenters. The number of halogens is 1. The lowest BCUT2D eigenvalue weighted by molar-refractivity contribution is 0.0939. The lowest BCUT2D eigenvalue weighted by Crippen LogP contribution is -2.17. The minimum atomic E-state index is 0.158. The fourth-order valence-corrected chi connectivity index (χ4v) is 2.53. The highest BCUT2D eigenvalue weighted by molar-refractivity contribution is 6.33. The van der Waals surface area contributed by atoms with Gasteiger partial charge in [0.2, 0.25) is 0 Å². The summed E-state index contributed by atoms with van der Waals surface area (Å²) < 4.78 is 7.30. The van der Waals surface area contributed by atoms with Gasteiger partial charge < -0.3 is 10.5 Å². The standard InChI is InChI=1S/C12H14ClN5O/c13-9-4-1-5-10(14)11(9)12-15-16-17-18(12)7-8-3-2-6-19-8/h1,4-5,8H,2-3,6-7,14H2. The maximum absolute atomic E-state index is 6.19. The molecule has 0 bridgehead atoms. The van der Waals surface area contributed by atoms with Gasteiger partial charge in [0.25, 0.3) is 0 Å². The number of hydrogen-bond donors (Lipinski definition) is 1. The third-order valence-electron chi connectivity index (χ3n) is 3.20. The van der Waals surface area contributed by atoms with E-state index < -0.39 is 0 Å². The zero-order valence-electron chi connectivity index (χ0n) is 10.3. The van der Waals surface area contributed by atoms with Gasteiger partial charge in [-0.1, -0.05) is 17.7 Å². The molecule has 1 aromatic carbocycles. The van der Waals surface area contributed by atoms with E-state index in [2.05, 4.69) is 15.5 Å². The van der Waals surface area contributed by atoms with Crippen LogP contribution in [0.25, 0.3) is 11.4 Å². The molecule has 0 amide bonds. The molecule has 2 N–H and O–H groups in total. The number of aromatic nitrogens is 4. The van der Waals surface area contributed by atoms with Gasteiger partial charge in [0.1, 0.15) is 0 Å². The van der Waals surface area contributed by atoms with E-state index in [4.69, 9.17) is 22.1 Å². The highest BCUT2D eigenvalue weighted by Gasteiger charge is 2.21. The average Bonchev–Trinajstić information content (AvgIpc) is 3.02. The minimum absolute atomic E-state index is 0.158. The first-order chi connectivity index (χ1) is 9.25. The van der Waals surface area contributed by atoms with Crippen LogP contribution >= 0.6 is 11.6 Å². The van der Waals surface area contributed by atoms with E-state index in [9.17, 15) is 0 Å². The Labute approximate surface area is 115 Å². The summed E-state index contributed by atoms with van der Waals surface area (Å²) in [6, 6.07) is 5.36. The van der Waals surface area contributed by atoms with Crippen LogP contribution in [-0.2, 0) is 11.3 Å². The molecule has 0 radical (unpaired) electrons. The third kappa shape index (κ3) is 2.41. The Kier molecular flexibility index (Phi) is 3.35. The Balaban J connectivity index is 1.95. The van der Waals surface area contributed by atoms with Crippen LogP contribution in [0.1, 0.15) is 12.8 Å². The van der Waals surface area contributed by atoms with Crippen LogP contribution in [0.15, 0.2) is 18.2 Å². The summed E-state index contributed by atoms with van der Waals surface area (Å²) in [5.41, 5.74) is 7.20. The van der Waals surface area contributed by atoms with E-state index in [0.717, 1.165) is 19.4 Å². The first-order valence-electron chi connectivity index (χ1n) is 6.18. The molecule has 1 aliphatic rings. The molecule has 2 aromatic rings. The molecule has 1 aliphatic heterocycles. The zero-order chi connectivity index (χ0) is 13.2. The molecule has 7 heteroatoms. The Morgan fingerprint density at radius 3 is 3.11 bits per heavy atom. The van der Waals surface area contributed by atoms with Gasteiger partial charge in [-0.3, -0.25) is 0 Å². The molecule has 6 nitrogen and oxygen atoms in total. The second-order valence-electron chi connectivity index (χ2n) is 4.52. The van der Waals surface area contributed by atoms with E-state index >= 15 is 0 Å². The smallest absolute Gasteiger partial charge is 0.185 e. The minimum Gasteiger partial charge on any atom is -0.398 e. The second-order valence-corrected chi connectivity index (χ2v) is 4.93. The molecule has 1 aromatic heterocycles. The Morgan fingerprint density at radius 1 is 1.47 bits per heavy atom. The molecule has 1 atom stereocenters. The van der Waals surface area contributed by atoms with Gasteiger partial charge in [-0.15, -0.1) is 5.10 Å². The summed E-state index contributed by atoms with van der Waals surface area (Å²) in [5, 5.41) is 12.3. The van der Waals surface area contributed by atoms with E-state index in [1.165, 1.54) is 0 Å². The number of nitrogens with zero attached hydrogens (tertiary/aromatic N) is 4. The third-order valence-corrected chi connectivity index (χ3v) is 3.52. The Bertz CT molecular complexity index is 559. The van der Waals surface area contributed by atoms with Gasteiger partial charge in [0, 0.05) is 12.3 Å². The maximum atomic E-state index is 6.19. The molecule has 1 saturated heterocycles. The van der Waals surface area contributed by atoms with Crippen LogP contribution in [0.3, 0.4) is 0 Å². The molecule has 0 aliphatic carbocycles. The molecule has 0 spiro atoms. The molecular formula is C12H14ClN5O. The van der Waals surface area contributed by atoms with Crippen LogP contribution in [0, 0.1) is 0 Å². The molecular weight excluding hydrogens is 266 g/mol. The van der Waals surface area contributed by atoms with E-state index in [1.54, 1.807) is 22.9 Å². The van der Waals surface area contributed by atoms with Crippen molar-refractivity contribution < 1.29 is 4.74 Å². The van der Waals surface area contributed by atoms with Crippen molar-refractivity contribution in [3.8, 4) is 11.4 Å². The predicted molar refractivity (Wildman–Crippen MR) is 71.6 cm³/mol. The van der Waals surface area contributed by atoms with Crippen LogP contribution < -0.4 is 5.73 Å². The second kappa shape index (κ2) is 5.14. The number of ether oxygens (including phenoxy) is 1. The molecule has 1 fully saturated rings. The highest BCUT2D eigenvalue weighted by atomic mass is 35.5. The molecule has 100 valence electrons. The summed E-state index contributed by atoms with van der Waals surface area (Å²) in [6.45, 7) is 1.42. The summed E-state index contributed by atoms with van der Waals surface area (Å²) in [7, 11) is 0. The lowest BCUT2D eigenvalue weighted by atomic mass is 10.1. The molecule has 19 heavy (non-hydrogen) atoms. The van der Waals surface area contributed by atoms with Crippen molar-refractivity contribution in [2.45, 2.75) is 25.5 Å². The number of anilines is 1. The lowest BCUT2D eigenvalue weighted by Gasteiger charge is -2.12. The topological polar surface area (TPSA) is 78.9 Å². The van der Waals surface area contributed by atoms with Gasteiger partial charge >= 0.3 is 0 Å². The fourth-order valence-electron chi connectivity index (χ4n) is 2.26.